The number of aromatic nitrogens is 1. The first kappa shape index (κ1) is 17.9. The van der Waals surface area contributed by atoms with Crippen LogP contribution in [0, 0.1) is 5.92 Å². The van der Waals surface area contributed by atoms with Gasteiger partial charge in [0.25, 0.3) is 0 Å². The Hall–Kier alpha value is -1.44. The van der Waals surface area contributed by atoms with Crippen molar-refractivity contribution in [1.29, 1.82) is 0 Å². The van der Waals surface area contributed by atoms with E-state index in [2.05, 4.69) is 37.1 Å². The molecule has 1 N–H and O–H groups in total. The van der Waals surface area contributed by atoms with Gasteiger partial charge in [0.2, 0.25) is 0 Å². The van der Waals surface area contributed by atoms with Crippen molar-refractivity contribution in [3.63, 3.8) is 0 Å². The molecular formula is C19H26N2O4S. The number of carbonyl (C=O) groups is 1. The van der Waals surface area contributed by atoms with E-state index in [9.17, 15) is 4.79 Å². The average molecular weight is 378 g/mol. The molecule has 3 heterocycles. The number of rotatable bonds is 5. The van der Waals surface area contributed by atoms with E-state index in [1.807, 2.05) is 5.38 Å². The standard InChI is InChI=1S/C19H26N2O4S/c1-12(2)4-5-15-18(3,25-15)14-10-13(6-7-19(14)11-23-19)24-17(22)21-16-20-8-9-26-16/h4,8-9,13-15H,5-7,10-11H2,1-3H3,(H,20,21,22)/t13-,14-,15-,18-,19+/m1/s1. The van der Waals surface area contributed by atoms with E-state index in [4.69, 9.17) is 14.2 Å². The molecule has 1 aliphatic carbocycles. The van der Waals surface area contributed by atoms with Gasteiger partial charge in [-0.25, -0.2) is 9.78 Å². The summed E-state index contributed by atoms with van der Waals surface area (Å²) in [6.45, 7) is 7.19. The van der Waals surface area contributed by atoms with E-state index in [-0.39, 0.29) is 29.3 Å². The zero-order valence-corrected chi connectivity index (χ0v) is 16.3. The van der Waals surface area contributed by atoms with Crippen molar-refractivity contribution in [1.82, 2.24) is 4.98 Å². The number of amides is 1. The fourth-order valence-electron chi connectivity index (χ4n) is 4.23. The van der Waals surface area contributed by atoms with Crippen molar-refractivity contribution in [3.05, 3.63) is 23.2 Å². The van der Waals surface area contributed by atoms with Gasteiger partial charge in [0.05, 0.1) is 23.9 Å². The van der Waals surface area contributed by atoms with Crippen LogP contribution in [-0.2, 0) is 14.2 Å². The molecule has 1 aromatic heterocycles. The van der Waals surface area contributed by atoms with Gasteiger partial charge in [-0.2, -0.15) is 0 Å². The Balaban J connectivity index is 1.37. The SMILES string of the molecule is CC(C)=CC[C@H]1O[C@]1(C)[C@H]1C[C@H](OC(=O)Nc2nccs2)CC[C@]12CO2. The summed E-state index contributed by atoms with van der Waals surface area (Å²) in [5.41, 5.74) is 1.06. The average Bonchev–Trinajstić information content (AvgIpc) is 3.44. The highest BCUT2D eigenvalue weighted by Gasteiger charge is 2.68. The zero-order valence-electron chi connectivity index (χ0n) is 15.5. The molecule has 0 radical (unpaired) electrons. The molecule has 1 amide bonds. The van der Waals surface area contributed by atoms with Crippen molar-refractivity contribution in [2.24, 2.45) is 5.92 Å². The van der Waals surface area contributed by atoms with E-state index >= 15 is 0 Å². The van der Waals surface area contributed by atoms with Gasteiger partial charge in [0.1, 0.15) is 6.10 Å². The molecule has 6 nitrogen and oxygen atoms in total. The van der Waals surface area contributed by atoms with Gasteiger partial charge in [0.15, 0.2) is 5.13 Å². The molecule has 0 bridgehead atoms. The first-order chi connectivity index (χ1) is 12.4. The number of nitrogens with zero attached hydrogens (tertiary/aromatic N) is 1. The van der Waals surface area contributed by atoms with Crippen LogP contribution in [0.25, 0.3) is 0 Å². The number of thiazole rings is 1. The quantitative estimate of drug-likeness (QED) is 0.615. The van der Waals surface area contributed by atoms with Gasteiger partial charge in [-0.1, -0.05) is 11.6 Å². The largest absolute Gasteiger partial charge is 0.446 e. The number of carbonyl (C=O) groups excluding carboxylic acids is 1. The molecule has 2 aliphatic heterocycles. The van der Waals surface area contributed by atoms with E-state index < -0.39 is 6.09 Å². The van der Waals surface area contributed by atoms with Crippen LogP contribution in [0.4, 0.5) is 9.93 Å². The molecule has 1 spiro atoms. The monoisotopic (exact) mass is 378 g/mol. The van der Waals surface area contributed by atoms with Crippen LogP contribution < -0.4 is 5.32 Å². The molecular weight excluding hydrogens is 352 g/mol. The molecule has 142 valence electrons. The highest BCUT2D eigenvalue weighted by Crippen LogP contribution is 2.59. The highest BCUT2D eigenvalue weighted by molar-refractivity contribution is 7.13. The summed E-state index contributed by atoms with van der Waals surface area (Å²) in [6, 6.07) is 0. The van der Waals surface area contributed by atoms with Gasteiger partial charge < -0.3 is 14.2 Å². The number of hydrogen-bond donors (Lipinski definition) is 1. The maximum atomic E-state index is 12.1. The van der Waals surface area contributed by atoms with Crippen LogP contribution in [0.5, 0.6) is 0 Å². The lowest BCUT2D eigenvalue weighted by Gasteiger charge is -2.36. The minimum absolute atomic E-state index is 0.0693. The third-order valence-electron chi connectivity index (χ3n) is 5.86. The van der Waals surface area contributed by atoms with Gasteiger partial charge in [-0.3, -0.25) is 5.32 Å². The van der Waals surface area contributed by atoms with E-state index in [1.54, 1.807) is 6.20 Å². The minimum atomic E-state index is -0.431. The lowest BCUT2D eigenvalue weighted by atomic mass is 9.70. The van der Waals surface area contributed by atoms with Crippen LogP contribution >= 0.6 is 11.3 Å². The molecule has 26 heavy (non-hydrogen) atoms. The topological polar surface area (TPSA) is 76.3 Å². The van der Waals surface area contributed by atoms with Gasteiger partial charge in [0, 0.05) is 17.5 Å². The van der Waals surface area contributed by atoms with E-state index in [0.29, 0.717) is 5.13 Å². The Bertz CT molecular complexity index is 696. The van der Waals surface area contributed by atoms with Crippen molar-refractivity contribution in [3.8, 4) is 0 Å². The fourth-order valence-corrected chi connectivity index (χ4v) is 4.75. The Kier molecular flexibility index (Phi) is 4.57. The maximum Gasteiger partial charge on any atom is 0.413 e. The second-order valence-corrected chi connectivity index (χ2v) is 8.87. The number of anilines is 1. The zero-order chi connectivity index (χ0) is 18.4. The number of allylic oxidation sites excluding steroid dienone is 1. The van der Waals surface area contributed by atoms with Crippen LogP contribution in [0.3, 0.4) is 0 Å². The summed E-state index contributed by atoms with van der Waals surface area (Å²) in [4.78, 5) is 16.2. The summed E-state index contributed by atoms with van der Waals surface area (Å²) in [5, 5.41) is 5.07. The smallest absolute Gasteiger partial charge is 0.413 e. The van der Waals surface area contributed by atoms with Crippen LogP contribution in [0.2, 0.25) is 0 Å². The fraction of sp³-hybridized carbons (Fsp3) is 0.684. The number of hydrogen-bond acceptors (Lipinski definition) is 6. The second kappa shape index (κ2) is 6.62. The van der Waals surface area contributed by atoms with Gasteiger partial charge in [-0.05, 0) is 46.5 Å². The molecule has 7 heteroatoms. The number of ether oxygens (including phenoxy) is 3. The van der Waals surface area contributed by atoms with Gasteiger partial charge in [-0.15, -0.1) is 11.3 Å². The Morgan fingerprint density at radius 3 is 3.00 bits per heavy atom. The normalized spacial score (nSPS) is 37.9. The lowest BCUT2D eigenvalue weighted by Crippen LogP contribution is -2.45. The molecule has 2 saturated heterocycles. The molecule has 3 aliphatic rings. The summed E-state index contributed by atoms with van der Waals surface area (Å²) in [5.74, 6) is 0.261. The highest BCUT2D eigenvalue weighted by atomic mass is 32.1. The molecule has 0 unspecified atom stereocenters. The Labute approximate surface area is 157 Å². The van der Waals surface area contributed by atoms with Crippen molar-refractivity contribution >= 4 is 22.6 Å². The second-order valence-electron chi connectivity index (χ2n) is 7.98. The predicted octanol–water partition coefficient (Wildman–Crippen LogP) is 4.14. The third kappa shape index (κ3) is 3.52. The lowest BCUT2D eigenvalue weighted by molar-refractivity contribution is 0.00643. The van der Waals surface area contributed by atoms with Crippen LogP contribution in [0.15, 0.2) is 23.2 Å². The molecule has 1 aromatic rings. The molecule has 5 atom stereocenters. The molecule has 1 saturated carbocycles. The van der Waals surface area contributed by atoms with Crippen molar-refractivity contribution in [2.45, 2.75) is 69.9 Å². The predicted molar refractivity (Wildman–Crippen MR) is 99.4 cm³/mol. The van der Waals surface area contributed by atoms with Crippen molar-refractivity contribution < 1.29 is 19.0 Å². The summed E-state index contributed by atoms with van der Waals surface area (Å²) >= 11 is 1.38. The van der Waals surface area contributed by atoms with E-state index in [0.717, 1.165) is 32.3 Å². The molecule has 3 fully saturated rings. The van der Waals surface area contributed by atoms with Crippen molar-refractivity contribution in [2.75, 3.05) is 11.9 Å². The van der Waals surface area contributed by atoms with Crippen LogP contribution in [-0.4, -0.2) is 41.1 Å². The summed E-state index contributed by atoms with van der Waals surface area (Å²) < 4.78 is 17.7. The van der Waals surface area contributed by atoms with E-state index in [1.165, 1.54) is 16.9 Å². The maximum absolute atomic E-state index is 12.1. The van der Waals surface area contributed by atoms with Crippen LogP contribution in [0.1, 0.15) is 46.5 Å². The molecule has 0 aromatic carbocycles. The number of epoxide rings is 2. The Morgan fingerprint density at radius 1 is 1.54 bits per heavy atom. The Morgan fingerprint density at radius 2 is 2.35 bits per heavy atom. The first-order valence-electron chi connectivity index (χ1n) is 9.23. The molecule has 4 rings (SSSR count). The minimum Gasteiger partial charge on any atom is -0.446 e. The van der Waals surface area contributed by atoms with Gasteiger partial charge >= 0.3 is 6.09 Å². The summed E-state index contributed by atoms with van der Waals surface area (Å²) in [6.07, 6.45) is 7.04. The third-order valence-corrected chi connectivity index (χ3v) is 6.55. The number of nitrogens with one attached hydrogen (secondary N) is 1. The first-order valence-corrected chi connectivity index (χ1v) is 10.1. The summed E-state index contributed by atoms with van der Waals surface area (Å²) in [7, 11) is 0.